The Hall–Kier alpha value is -4.50. The molecule has 0 aliphatic carbocycles. The average Bonchev–Trinajstić information content (AvgIpc) is 3.60. The van der Waals surface area contributed by atoms with Crippen LogP contribution in [0.4, 0.5) is 0 Å². The van der Waals surface area contributed by atoms with Gasteiger partial charge in [0.05, 0.1) is 18.8 Å². The van der Waals surface area contributed by atoms with E-state index in [-0.39, 0.29) is 24.7 Å². The number of benzene rings is 5. The molecule has 1 saturated heterocycles. The van der Waals surface area contributed by atoms with Crippen LogP contribution in [0.2, 0.25) is 0 Å². The van der Waals surface area contributed by atoms with Crippen molar-refractivity contribution >= 4 is 11.8 Å². The summed E-state index contributed by atoms with van der Waals surface area (Å²) in [5.74, 6) is 1.41. The van der Waals surface area contributed by atoms with Crippen LogP contribution >= 0.6 is 11.8 Å². The normalized spacial score (nSPS) is 19.3. The van der Waals surface area contributed by atoms with E-state index in [2.05, 4.69) is 55.5 Å². The van der Waals surface area contributed by atoms with Crippen LogP contribution in [0.3, 0.4) is 0 Å². The Morgan fingerprint density at radius 3 is 2.04 bits per heavy atom. The summed E-state index contributed by atoms with van der Waals surface area (Å²) in [7, 11) is 0. The van der Waals surface area contributed by atoms with Gasteiger partial charge in [0, 0.05) is 34.9 Å². The Bertz CT molecular complexity index is 1870. The second kappa shape index (κ2) is 14.7. The minimum atomic E-state index is -0.567. The van der Waals surface area contributed by atoms with E-state index in [1.807, 2.05) is 84.9 Å². The molecule has 1 fully saturated rings. The monoisotopic (exact) mass is 654 g/mol. The number of thioether (sulfide) groups is 1. The number of hydrogen-bond acceptors (Lipinski definition) is 7. The van der Waals surface area contributed by atoms with Crippen molar-refractivity contribution in [2.75, 3.05) is 5.75 Å². The fourth-order valence-electron chi connectivity index (χ4n) is 6.11. The van der Waals surface area contributed by atoms with Crippen LogP contribution in [-0.4, -0.2) is 21.9 Å². The van der Waals surface area contributed by atoms with Crippen LogP contribution in [0.25, 0.3) is 33.7 Å². The van der Waals surface area contributed by atoms with Gasteiger partial charge in [0.1, 0.15) is 5.69 Å². The summed E-state index contributed by atoms with van der Waals surface area (Å²) in [6.45, 7) is 2.67. The van der Waals surface area contributed by atoms with E-state index in [0.717, 1.165) is 56.0 Å². The number of hydrogen-bond donors (Lipinski definition) is 2. The van der Waals surface area contributed by atoms with Crippen LogP contribution in [0.15, 0.2) is 143 Å². The van der Waals surface area contributed by atoms with Crippen molar-refractivity contribution in [1.82, 2.24) is 4.98 Å². The number of nitrogens with zero attached hydrogens (tertiary/aromatic N) is 1. The molecule has 7 rings (SSSR count). The highest BCUT2D eigenvalue weighted by Gasteiger charge is 2.38. The number of aliphatic hydroxyl groups excluding tert-OH is 1. The molecule has 4 atom stereocenters. The van der Waals surface area contributed by atoms with Gasteiger partial charge in [0.25, 0.3) is 5.22 Å². The van der Waals surface area contributed by atoms with Gasteiger partial charge >= 0.3 is 0 Å². The number of ether oxygens (including phenoxy) is 2. The molecule has 5 aromatic carbocycles. The maximum Gasteiger partial charge on any atom is 0.256 e. The third-order valence-electron chi connectivity index (χ3n) is 8.86. The molecule has 0 spiro atoms. The zero-order valence-corrected chi connectivity index (χ0v) is 27.6. The van der Waals surface area contributed by atoms with Gasteiger partial charge in [-0.25, -0.2) is 4.98 Å². The summed E-state index contributed by atoms with van der Waals surface area (Å²) in [4.78, 5) is 4.97. The summed E-state index contributed by atoms with van der Waals surface area (Å²) in [6, 6.07) is 44.9. The number of aromatic nitrogens is 1. The molecule has 1 aliphatic rings. The lowest BCUT2D eigenvalue weighted by atomic mass is 9.91. The average molecular weight is 655 g/mol. The minimum absolute atomic E-state index is 0.00101. The molecule has 0 saturated carbocycles. The van der Waals surface area contributed by atoms with Crippen molar-refractivity contribution < 1.29 is 19.0 Å². The van der Waals surface area contributed by atoms with Gasteiger partial charge in [-0.1, -0.05) is 146 Å². The van der Waals surface area contributed by atoms with Gasteiger partial charge in [0.15, 0.2) is 12.1 Å². The van der Waals surface area contributed by atoms with Crippen LogP contribution in [0.5, 0.6) is 0 Å². The van der Waals surface area contributed by atoms with E-state index in [9.17, 15) is 5.11 Å². The second-order valence-corrected chi connectivity index (χ2v) is 13.0. The van der Waals surface area contributed by atoms with Crippen molar-refractivity contribution in [2.45, 2.75) is 43.8 Å². The topological polar surface area (TPSA) is 90.7 Å². The predicted octanol–water partition coefficient (Wildman–Crippen LogP) is 9.21. The summed E-state index contributed by atoms with van der Waals surface area (Å²) in [5, 5.41) is 10.2. The summed E-state index contributed by atoms with van der Waals surface area (Å²) in [5.41, 5.74) is 14.9. The van der Waals surface area contributed by atoms with Crippen molar-refractivity contribution in [3.63, 3.8) is 0 Å². The fraction of sp³-hybridized carbons (Fsp3) is 0.195. The minimum Gasteiger partial charge on any atom is -0.431 e. The summed E-state index contributed by atoms with van der Waals surface area (Å²) >= 11 is 1.56. The Labute approximate surface area is 285 Å². The Morgan fingerprint density at radius 2 is 1.35 bits per heavy atom. The number of oxazole rings is 1. The molecule has 48 heavy (non-hydrogen) atoms. The van der Waals surface area contributed by atoms with E-state index < -0.39 is 6.29 Å². The molecule has 0 bridgehead atoms. The zero-order valence-electron chi connectivity index (χ0n) is 26.7. The molecule has 2 heterocycles. The van der Waals surface area contributed by atoms with Gasteiger partial charge in [-0.05, 0) is 33.9 Å². The van der Waals surface area contributed by atoms with Gasteiger partial charge in [-0.3, -0.25) is 0 Å². The molecule has 4 unspecified atom stereocenters. The predicted molar refractivity (Wildman–Crippen MR) is 191 cm³/mol. The Balaban J connectivity index is 1.16. The van der Waals surface area contributed by atoms with Crippen LogP contribution in [0, 0.1) is 5.92 Å². The molecule has 6 nitrogen and oxygen atoms in total. The van der Waals surface area contributed by atoms with E-state index in [1.165, 1.54) is 0 Å². The molecule has 0 radical (unpaired) electrons. The van der Waals surface area contributed by atoms with Crippen molar-refractivity contribution in [2.24, 2.45) is 11.7 Å². The molecule has 6 aromatic rings. The van der Waals surface area contributed by atoms with Crippen LogP contribution < -0.4 is 5.73 Å². The van der Waals surface area contributed by atoms with Gasteiger partial charge in [-0.15, -0.1) is 0 Å². The maximum atomic E-state index is 9.63. The first-order valence-electron chi connectivity index (χ1n) is 16.2. The van der Waals surface area contributed by atoms with Crippen LogP contribution in [-0.2, 0) is 22.6 Å². The van der Waals surface area contributed by atoms with Crippen molar-refractivity contribution in [3.8, 4) is 33.7 Å². The third-order valence-corrected chi connectivity index (χ3v) is 9.78. The van der Waals surface area contributed by atoms with Crippen molar-refractivity contribution in [3.05, 3.63) is 156 Å². The Kier molecular flexibility index (Phi) is 9.84. The highest BCUT2D eigenvalue weighted by molar-refractivity contribution is 7.99. The number of rotatable bonds is 10. The lowest BCUT2D eigenvalue weighted by Gasteiger charge is -2.41. The van der Waals surface area contributed by atoms with E-state index in [1.54, 1.807) is 11.8 Å². The molecule has 1 aromatic heterocycles. The summed E-state index contributed by atoms with van der Waals surface area (Å²) in [6.07, 6.45) is -0.945. The van der Waals surface area contributed by atoms with Gasteiger partial charge in [-0.2, -0.15) is 0 Å². The molecule has 242 valence electrons. The molecule has 3 N–H and O–H groups in total. The maximum absolute atomic E-state index is 9.63. The molecule has 1 aliphatic heterocycles. The molecular weight excluding hydrogens is 617 g/mol. The van der Waals surface area contributed by atoms with E-state index >= 15 is 0 Å². The molecule has 7 heteroatoms. The van der Waals surface area contributed by atoms with Crippen molar-refractivity contribution in [1.29, 1.82) is 0 Å². The second-order valence-electron chi connectivity index (χ2n) is 12.0. The van der Waals surface area contributed by atoms with E-state index in [0.29, 0.717) is 17.5 Å². The number of nitrogens with two attached hydrogens (primary N) is 1. The van der Waals surface area contributed by atoms with Gasteiger partial charge in [0.2, 0.25) is 0 Å². The fourth-order valence-corrected chi connectivity index (χ4v) is 7.10. The smallest absolute Gasteiger partial charge is 0.256 e. The lowest BCUT2D eigenvalue weighted by molar-refractivity contribution is -0.268. The van der Waals surface area contributed by atoms with Gasteiger partial charge < -0.3 is 24.7 Å². The SMILES string of the molecule is CC1C(CSc2nc(-c3ccccc3)c(-c3ccccc3)o2)OC(c2ccc(-c3cccc(CN)c3)cc2)OC1c1ccc(CO)cc1. The first kappa shape index (κ1) is 32.1. The first-order valence-corrected chi connectivity index (χ1v) is 17.2. The lowest BCUT2D eigenvalue weighted by Crippen LogP contribution is -2.38. The summed E-state index contributed by atoms with van der Waals surface area (Å²) < 4.78 is 19.9. The van der Waals surface area contributed by atoms with E-state index in [4.69, 9.17) is 24.6 Å². The highest BCUT2D eigenvalue weighted by Crippen LogP contribution is 2.44. The third kappa shape index (κ3) is 7.02. The molecule has 0 amide bonds. The zero-order chi connectivity index (χ0) is 32.9. The van der Waals surface area contributed by atoms with Crippen LogP contribution in [0.1, 0.15) is 41.6 Å². The standard InChI is InChI=1S/C41H38N2O4S/c1-27-36(26-48-41-43-37(31-10-4-2-5-11-31)39(47-41)32-12-6-3-7-13-32)45-40(46-38(27)33-17-15-28(25-44)16-18-33)34-21-19-30(20-22-34)35-14-8-9-29(23-35)24-42/h2-23,27,36,38,40,44H,24-26,42H2,1H3. The largest absolute Gasteiger partial charge is 0.431 e. The highest BCUT2D eigenvalue weighted by atomic mass is 32.2. The quantitative estimate of drug-likeness (QED) is 0.142. The number of aliphatic hydroxyl groups is 1. The Morgan fingerprint density at radius 1 is 0.688 bits per heavy atom. The molecular formula is C41H38N2O4S. The first-order chi connectivity index (χ1) is 23.6.